The van der Waals surface area contributed by atoms with Gasteiger partial charge in [-0.1, -0.05) is 25.5 Å². The van der Waals surface area contributed by atoms with Crippen molar-refractivity contribution in [2.45, 2.75) is 39.3 Å². The average Bonchev–Trinajstić information content (AvgIpc) is 3.09. The summed E-state index contributed by atoms with van der Waals surface area (Å²) in [5.74, 6) is 0.742. The van der Waals surface area contributed by atoms with Gasteiger partial charge in [-0.3, -0.25) is 0 Å². The third-order valence-corrected chi connectivity index (χ3v) is 5.29. The molecule has 1 aliphatic heterocycles. The maximum Gasteiger partial charge on any atom is 0.209 e. The molecular formula is C18H29FN6+2. The van der Waals surface area contributed by atoms with Crippen molar-refractivity contribution < 1.29 is 14.2 Å². The minimum absolute atomic E-state index is 0.217. The lowest BCUT2D eigenvalue weighted by atomic mass is 10.1. The normalized spacial score (nSPS) is 22.0. The molecule has 0 radical (unpaired) electrons. The van der Waals surface area contributed by atoms with Crippen molar-refractivity contribution >= 4 is 0 Å². The van der Waals surface area contributed by atoms with E-state index >= 15 is 0 Å². The highest BCUT2D eigenvalue weighted by molar-refractivity contribution is 5.16. The Morgan fingerprint density at radius 3 is 2.48 bits per heavy atom. The molecule has 1 aromatic carbocycles. The number of aromatic nitrogens is 4. The van der Waals surface area contributed by atoms with E-state index in [0.29, 0.717) is 12.6 Å². The van der Waals surface area contributed by atoms with Crippen molar-refractivity contribution in [3.8, 4) is 0 Å². The first-order chi connectivity index (χ1) is 12.2. The van der Waals surface area contributed by atoms with Gasteiger partial charge >= 0.3 is 0 Å². The molecule has 0 amide bonds. The fourth-order valence-electron chi connectivity index (χ4n) is 3.77. The Kier molecular flexibility index (Phi) is 6.09. The predicted octanol–water partition coefficient (Wildman–Crippen LogP) is -0.495. The zero-order valence-electron chi connectivity index (χ0n) is 15.2. The van der Waals surface area contributed by atoms with E-state index < -0.39 is 0 Å². The standard InChI is InChI=1S/C18H27FN6/c1-3-5-17(24-12-10-23(4-2)11-13-24)18-20-21-22-25(18)14-15-6-8-16(19)9-7-15/h6-9,17H,3-5,10-14H2,1-2H3/p+2/t17-/m1/s1. The molecule has 0 aliphatic carbocycles. The van der Waals surface area contributed by atoms with Crippen molar-refractivity contribution in [3.05, 3.63) is 41.5 Å². The second-order valence-electron chi connectivity index (χ2n) is 6.92. The highest BCUT2D eigenvalue weighted by atomic mass is 19.1. The van der Waals surface area contributed by atoms with Crippen LogP contribution in [0.5, 0.6) is 0 Å². The molecule has 3 rings (SSSR count). The molecule has 25 heavy (non-hydrogen) atoms. The number of tetrazole rings is 1. The highest BCUT2D eigenvalue weighted by Gasteiger charge is 2.33. The van der Waals surface area contributed by atoms with Crippen LogP contribution in [-0.2, 0) is 6.54 Å². The van der Waals surface area contributed by atoms with Gasteiger partial charge in [-0.05, 0) is 35.0 Å². The Labute approximate surface area is 148 Å². The first-order valence-corrected chi connectivity index (χ1v) is 9.39. The van der Waals surface area contributed by atoms with Gasteiger partial charge in [-0.2, -0.15) is 0 Å². The van der Waals surface area contributed by atoms with Gasteiger partial charge in [0.2, 0.25) is 5.82 Å². The van der Waals surface area contributed by atoms with E-state index in [4.69, 9.17) is 0 Å². The first kappa shape index (κ1) is 17.9. The van der Waals surface area contributed by atoms with Gasteiger partial charge in [-0.15, -0.1) is 5.10 Å². The third-order valence-electron chi connectivity index (χ3n) is 5.29. The number of benzene rings is 1. The van der Waals surface area contributed by atoms with Crippen molar-refractivity contribution in [1.82, 2.24) is 20.2 Å². The summed E-state index contributed by atoms with van der Waals surface area (Å²) in [6, 6.07) is 6.90. The minimum atomic E-state index is -0.217. The number of hydrogen-bond acceptors (Lipinski definition) is 3. The van der Waals surface area contributed by atoms with Crippen LogP contribution in [0.25, 0.3) is 0 Å². The zero-order valence-corrected chi connectivity index (χ0v) is 15.2. The number of nitrogens with zero attached hydrogens (tertiary/aromatic N) is 4. The van der Waals surface area contributed by atoms with E-state index in [1.807, 2.05) is 4.68 Å². The third kappa shape index (κ3) is 4.41. The molecule has 1 fully saturated rings. The van der Waals surface area contributed by atoms with Gasteiger partial charge in [0.1, 0.15) is 38.0 Å². The number of nitrogens with one attached hydrogen (secondary N) is 2. The molecule has 1 aromatic heterocycles. The first-order valence-electron chi connectivity index (χ1n) is 9.39. The van der Waals surface area contributed by atoms with E-state index in [9.17, 15) is 4.39 Å². The number of halogens is 1. The van der Waals surface area contributed by atoms with Crippen LogP contribution in [-0.4, -0.2) is 52.9 Å². The Bertz CT molecular complexity index is 648. The molecule has 136 valence electrons. The summed E-state index contributed by atoms with van der Waals surface area (Å²) in [6.45, 7) is 11.0. The maximum atomic E-state index is 13.1. The molecule has 0 saturated carbocycles. The smallest absolute Gasteiger partial charge is 0.209 e. The number of rotatable bonds is 7. The van der Waals surface area contributed by atoms with E-state index in [-0.39, 0.29) is 5.82 Å². The molecule has 1 atom stereocenters. The second-order valence-corrected chi connectivity index (χ2v) is 6.92. The van der Waals surface area contributed by atoms with Gasteiger partial charge < -0.3 is 9.80 Å². The Morgan fingerprint density at radius 2 is 1.84 bits per heavy atom. The van der Waals surface area contributed by atoms with Crippen LogP contribution in [0.3, 0.4) is 0 Å². The molecule has 1 aliphatic rings. The zero-order chi connectivity index (χ0) is 17.6. The van der Waals surface area contributed by atoms with Crippen molar-refractivity contribution in [3.63, 3.8) is 0 Å². The van der Waals surface area contributed by atoms with Crippen LogP contribution in [0.4, 0.5) is 4.39 Å². The summed E-state index contributed by atoms with van der Waals surface area (Å²) >= 11 is 0. The van der Waals surface area contributed by atoms with Crippen LogP contribution in [0.2, 0.25) is 0 Å². The van der Waals surface area contributed by atoms with E-state index in [1.165, 1.54) is 31.8 Å². The van der Waals surface area contributed by atoms with E-state index in [0.717, 1.165) is 37.3 Å². The van der Waals surface area contributed by atoms with Gasteiger partial charge in [0.25, 0.3) is 0 Å². The summed E-state index contributed by atoms with van der Waals surface area (Å²) in [5, 5.41) is 12.5. The summed E-state index contributed by atoms with van der Waals surface area (Å²) < 4.78 is 15.0. The topological polar surface area (TPSA) is 52.5 Å². The van der Waals surface area contributed by atoms with Crippen LogP contribution in [0.15, 0.2) is 24.3 Å². The van der Waals surface area contributed by atoms with Crippen LogP contribution < -0.4 is 9.80 Å². The fourth-order valence-corrected chi connectivity index (χ4v) is 3.77. The van der Waals surface area contributed by atoms with Crippen LogP contribution in [0.1, 0.15) is 44.1 Å². The highest BCUT2D eigenvalue weighted by Crippen LogP contribution is 2.14. The Morgan fingerprint density at radius 1 is 1.12 bits per heavy atom. The summed E-state index contributed by atoms with van der Waals surface area (Å²) in [6.07, 6.45) is 2.20. The molecule has 6 nitrogen and oxygen atoms in total. The monoisotopic (exact) mass is 348 g/mol. The van der Waals surface area contributed by atoms with Gasteiger partial charge in [-0.25, -0.2) is 9.07 Å². The molecule has 0 unspecified atom stereocenters. The molecule has 0 bridgehead atoms. The van der Waals surface area contributed by atoms with Gasteiger partial charge in [0.05, 0.1) is 13.1 Å². The lowest BCUT2D eigenvalue weighted by Gasteiger charge is -2.33. The Balaban J connectivity index is 1.76. The maximum absolute atomic E-state index is 13.1. The number of piperazine rings is 1. The number of quaternary nitrogens is 2. The number of hydrogen-bond donors (Lipinski definition) is 2. The number of likely N-dealkylation sites (N-methyl/N-ethyl adjacent to an activating group) is 1. The van der Waals surface area contributed by atoms with Crippen LogP contribution >= 0.6 is 0 Å². The lowest BCUT2D eigenvalue weighted by molar-refractivity contribution is -1.03. The van der Waals surface area contributed by atoms with E-state index in [2.05, 4.69) is 29.4 Å². The lowest BCUT2D eigenvalue weighted by Crippen LogP contribution is -3.28. The summed E-state index contributed by atoms with van der Waals surface area (Å²) in [4.78, 5) is 3.28. The van der Waals surface area contributed by atoms with Crippen LogP contribution in [0, 0.1) is 5.82 Å². The molecule has 0 spiro atoms. The molecule has 1 saturated heterocycles. The SMILES string of the molecule is CCC[C@H](c1nnnn1Cc1ccc(F)cc1)[NH+]1CC[NH+](CC)CC1. The van der Waals surface area contributed by atoms with Gasteiger partial charge in [0.15, 0.2) is 0 Å². The van der Waals surface area contributed by atoms with Gasteiger partial charge in [0, 0.05) is 6.42 Å². The molecule has 2 heterocycles. The van der Waals surface area contributed by atoms with Crippen molar-refractivity contribution in [2.24, 2.45) is 0 Å². The average molecular weight is 348 g/mol. The molecular weight excluding hydrogens is 319 g/mol. The molecule has 2 aromatic rings. The van der Waals surface area contributed by atoms with E-state index in [1.54, 1.807) is 21.9 Å². The van der Waals surface area contributed by atoms with Crippen molar-refractivity contribution in [2.75, 3.05) is 32.7 Å². The quantitative estimate of drug-likeness (QED) is 0.710. The predicted molar refractivity (Wildman–Crippen MR) is 92.9 cm³/mol. The molecule has 7 heteroatoms. The minimum Gasteiger partial charge on any atom is -0.326 e. The Hall–Kier alpha value is -1.86. The van der Waals surface area contributed by atoms with Crippen molar-refractivity contribution in [1.29, 1.82) is 0 Å². The summed E-state index contributed by atoms with van der Waals surface area (Å²) in [7, 11) is 0. The summed E-state index contributed by atoms with van der Waals surface area (Å²) in [5.41, 5.74) is 1.01. The largest absolute Gasteiger partial charge is 0.326 e. The fraction of sp³-hybridized carbons (Fsp3) is 0.611. The molecule has 2 N–H and O–H groups in total. The second kappa shape index (κ2) is 8.49.